The van der Waals surface area contributed by atoms with Crippen molar-refractivity contribution in [1.82, 2.24) is 29.3 Å². The van der Waals surface area contributed by atoms with Gasteiger partial charge < -0.3 is 14.7 Å². The van der Waals surface area contributed by atoms with Gasteiger partial charge in [-0.25, -0.2) is 15.0 Å². The summed E-state index contributed by atoms with van der Waals surface area (Å²) in [7, 11) is 0. The average molecular weight is 383 g/mol. The fraction of sp³-hybridized carbons (Fsp3) is 0.526. The Hall–Kier alpha value is -2.97. The van der Waals surface area contributed by atoms with Gasteiger partial charge in [-0.15, -0.1) is 0 Å². The van der Waals surface area contributed by atoms with Crippen molar-refractivity contribution in [2.75, 3.05) is 44.2 Å². The summed E-state index contributed by atoms with van der Waals surface area (Å²) in [5.74, 6) is 2.02. The molecule has 0 bridgehead atoms. The van der Waals surface area contributed by atoms with Gasteiger partial charge in [-0.2, -0.15) is 0 Å². The topological polar surface area (TPSA) is 87.5 Å². The second kappa shape index (κ2) is 7.95. The summed E-state index contributed by atoms with van der Waals surface area (Å²) in [5.41, 5.74) is 0. The number of piperazine rings is 1. The fourth-order valence-corrected chi connectivity index (χ4v) is 3.90. The van der Waals surface area contributed by atoms with Gasteiger partial charge in [0.05, 0.1) is 0 Å². The molecule has 4 heterocycles. The summed E-state index contributed by atoms with van der Waals surface area (Å²) in [6.07, 6.45) is 8.48. The van der Waals surface area contributed by atoms with E-state index in [0.29, 0.717) is 26.2 Å². The first kappa shape index (κ1) is 18.4. The molecule has 9 heteroatoms. The summed E-state index contributed by atoms with van der Waals surface area (Å²) in [4.78, 5) is 43.0. The summed E-state index contributed by atoms with van der Waals surface area (Å²) in [6, 6.07) is 1.95. The van der Waals surface area contributed by atoms with Crippen molar-refractivity contribution in [2.24, 2.45) is 5.92 Å². The standard InChI is InChI=1S/C19H25N7O2/c1-15(27)23-8-10-25(11-9-23)19(28)16-2-5-24(6-3-16)17-12-18(22-13-21-17)26-7-4-20-14-26/h4,7,12-14,16H,2-3,5-6,8-11H2,1H3. The van der Waals surface area contributed by atoms with E-state index in [1.807, 2.05) is 21.7 Å². The Labute approximate surface area is 164 Å². The third-order valence-electron chi connectivity index (χ3n) is 5.61. The molecular formula is C19H25N7O2. The van der Waals surface area contributed by atoms with Gasteiger partial charge in [0, 0.05) is 70.6 Å². The zero-order valence-electron chi connectivity index (χ0n) is 16.1. The molecular weight excluding hydrogens is 358 g/mol. The predicted molar refractivity (Wildman–Crippen MR) is 103 cm³/mol. The third-order valence-corrected chi connectivity index (χ3v) is 5.61. The number of rotatable bonds is 3. The first-order valence-corrected chi connectivity index (χ1v) is 9.71. The minimum atomic E-state index is 0.0510. The maximum Gasteiger partial charge on any atom is 0.225 e. The number of carbonyl (C=O) groups is 2. The molecule has 2 aliphatic heterocycles. The molecule has 2 aromatic rings. The summed E-state index contributed by atoms with van der Waals surface area (Å²) >= 11 is 0. The van der Waals surface area contributed by atoms with Crippen molar-refractivity contribution in [3.05, 3.63) is 31.1 Å². The Bertz CT molecular complexity index is 823. The van der Waals surface area contributed by atoms with Crippen molar-refractivity contribution in [3.8, 4) is 5.82 Å². The Morgan fingerprint density at radius 2 is 1.64 bits per heavy atom. The highest BCUT2D eigenvalue weighted by molar-refractivity contribution is 5.80. The molecule has 9 nitrogen and oxygen atoms in total. The van der Waals surface area contributed by atoms with Crippen LogP contribution in [-0.2, 0) is 9.59 Å². The molecule has 0 aliphatic carbocycles. The van der Waals surface area contributed by atoms with Crippen LogP contribution in [0.1, 0.15) is 19.8 Å². The van der Waals surface area contributed by atoms with Gasteiger partial charge in [-0.05, 0) is 12.8 Å². The van der Waals surface area contributed by atoms with Gasteiger partial charge >= 0.3 is 0 Å². The van der Waals surface area contributed by atoms with Crippen LogP contribution in [0.5, 0.6) is 0 Å². The van der Waals surface area contributed by atoms with E-state index in [0.717, 1.165) is 37.6 Å². The maximum absolute atomic E-state index is 12.9. The third kappa shape index (κ3) is 3.83. The highest BCUT2D eigenvalue weighted by Crippen LogP contribution is 2.24. The van der Waals surface area contributed by atoms with Crippen LogP contribution in [0.15, 0.2) is 31.1 Å². The lowest BCUT2D eigenvalue weighted by Crippen LogP contribution is -2.52. The van der Waals surface area contributed by atoms with Crippen LogP contribution in [0.2, 0.25) is 0 Å². The Kier molecular flexibility index (Phi) is 5.23. The number of hydrogen-bond acceptors (Lipinski definition) is 6. The zero-order chi connectivity index (χ0) is 19.5. The van der Waals surface area contributed by atoms with E-state index in [2.05, 4.69) is 19.9 Å². The lowest BCUT2D eigenvalue weighted by atomic mass is 9.95. The molecule has 4 rings (SSSR count). The number of anilines is 1. The van der Waals surface area contributed by atoms with Crippen LogP contribution >= 0.6 is 0 Å². The highest BCUT2D eigenvalue weighted by atomic mass is 16.2. The number of hydrogen-bond donors (Lipinski definition) is 0. The van der Waals surface area contributed by atoms with Crippen LogP contribution in [0.4, 0.5) is 5.82 Å². The van der Waals surface area contributed by atoms with Gasteiger partial charge in [0.15, 0.2) is 0 Å². The van der Waals surface area contributed by atoms with Crippen LogP contribution in [0.3, 0.4) is 0 Å². The number of nitrogens with zero attached hydrogens (tertiary/aromatic N) is 7. The highest BCUT2D eigenvalue weighted by Gasteiger charge is 2.31. The normalized spacial score (nSPS) is 18.4. The molecule has 0 spiro atoms. The minimum Gasteiger partial charge on any atom is -0.356 e. The fourth-order valence-electron chi connectivity index (χ4n) is 3.90. The van der Waals surface area contributed by atoms with E-state index in [1.165, 1.54) is 0 Å². The Balaban J connectivity index is 1.33. The minimum absolute atomic E-state index is 0.0510. The number of carbonyl (C=O) groups excluding carboxylic acids is 2. The zero-order valence-corrected chi connectivity index (χ0v) is 16.1. The van der Waals surface area contributed by atoms with Crippen LogP contribution < -0.4 is 4.90 Å². The molecule has 2 aliphatic rings. The number of imidazole rings is 1. The molecule has 2 fully saturated rings. The molecule has 2 aromatic heterocycles. The molecule has 0 saturated carbocycles. The molecule has 0 N–H and O–H groups in total. The van der Waals surface area contributed by atoms with E-state index in [4.69, 9.17) is 0 Å². The van der Waals surface area contributed by atoms with Gasteiger partial charge in [0.1, 0.15) is 24.3 Å². The van der Waals surface area contributed by atoms with Gasteiger partial charge in [-0.1, -0.05) is 0 Å². The summed E-state index contributed by atoms with van der Waals surface area (Å²) < 4.78 is 1.85. The lowest BCUT2D eigenvalue weighted by molar-refractivity contribution is -0.141. The molecule has 148 valence electrons. The molecule has 2 amide bonds. The van der Waals surface area contributed by atoms with E-state index in [-0.39, 0.29) is 17.7 Å². The SMILES string of the molecule is CC(=O)N1CCN(C(=O)C2CCN(c3cc(-n4ccnc4)ncn3)CC2)CC1. The second-order valence-electron chi connectivity index (χ2n) is 7.30. The van der Waals surface area contributed by atoms with Gasteiger partial charge in [0.2, 0.25) is 11.8 Å². The monoisotopic (exact) mass is 383 g/mol. The second-order valence-corrected chi connectivity index (χ2v) is 7.30. The van der Waals surface area contributed by atoms with Crippen molar-refractivity contribution >= 4 is 17.6 Å². The lowest BCUT2D eigenvalue weighted by Gasteiger charge is -2.38. The van der Waals surface area contributed by atoms with Crippen molar-refractivity contribution < 1.29 is 9.59 Å². The largest absolute Gasteiger partial charge is 0.356 e. The van der Waals surface area contributed by atoms with Crippen LogP contribution in [0, 0.1) is 5.92 Å². The van der Waals surface area contributed by atoms with Gasteiger partial charge in [-0.3, -0.25) is 14.2 Å². The number of aromatic nitrogens is 4. The van der Waals surface area contributed by atoms with E-state index in [1.54, 1.807) is 30.7 Å². The van der Waals surface area contributed by atoms with Gasteiger partial charge in [0.25, 0.3) is 0 Å². The molecule has 0 radical (unpaired) electrons. The Morgan fingerprint density at radius 3 is 2.29 bits per heavy atom. The van der Waals surface area contributed by atoms with Crippen molar-refractivity contribution in [3.63, 3.8) is 0 Å². The van der Waals surface area contributed by atoms with Crippen molar-refractivity contribution in [1.29, 1.82) is 0 Å². The quantitative estimate of drug-likeness (QED) is 0.770. The molecule has 2 saturated heterocycles. The summed E-state index contributed by atoms with van der Waals surface area (Å²) in [5, 5.41) is 0. The predicted octanol–water partition coefficient (Wildman–Crippen LogP) is 0.569. The van der Waals surface area contributed by atoms with E-state index in [9.17, 15) is 9.59 Å². The van der Waals surface area contributed by atoms with Crippen LogP contribution in [-0.4, -0.2) is 80.4 Å². The first-order valence-electron chi connectivity index (χ1n) is 9.71. The molecule has 0 aromatic carbocycles. The maximum atomic E-state index is 12.9. The molecule has 0 atom stereocenters. The number of piperidine rings is 1. The summed E-state index contributed by atoms with van der Waals surface area (Å²) in [6.45, 7) is 5.72. The Morgan fingerprint density at radius 1 is 0.964 bits per heavy atom. The average Bonchev–Trinajstić information content (AvgIpc) is 3.28. The smallest absolute Gasteiger partial charge is 0.225 e. The van der Waals surface area contributed by atoms with Crippen LogP contribution in [0.25, 0.3) is 5.82 Å². The number of amides is 2. The first-order chi connectivity index (χ1) is 13.6. The molecule has 28 heavy (non-hydrogen) atoms. The van der Waals surface area contributed by atoms with E-state index >= 15 is 0 Å². The molecule has 0 unspecified atom stereocenters. The van der Waals surface area contributed by atoms with E-state index < -0.39 is 0 Å². The van der Waals surface area contributed by atoms with Crippen molar-refractivity contribution in [2.45, 2.75) is 19.8 Å².